The van der Waals surface area contributed by atoms with Crippen LogP contribution < -0.4 is 0 Å². The van der Waals surface area contributed by atoms with Gasteiger partial charge in [-0.1, -0.05) is 0 Å². The van der Waals surface area contributed by atoms with Crippen molar-refractivity contribution >= 4 is 11.9 Å². The molecule has 104 valence electrons. The van der Waals surface area contributed by atoms with Gasteiger partial charge in [-0.25, -0.2) is 0 Å². The first-order chi connectivity index (χ1) is 8.27. The molecule has 0 saturated carbocycles. The van der Waals surface area contributed by atoms with Gasteiger partial charge in [-0.2, -0.15) is 0 Å². The Bertz CT molecular complexity index is 325. The summed E-state index contributed by atoms with van der Waals surface area (Å²) in [7, 11) is 0. The normalized spacial score (nSPS) is 12.7. The molecule has 18 heavy (non-hydrogen) atoms. The molecule has 0 fully saturated rings. The van der Waals surface area contributed by atoms with E-state index in [1.54, 1.807) is 13.8 Å². The fraction of sp³-hybridized carbons (Fsp3) is 0.818. The number of nitrogens with zero attached hydrogens (tertiary/aromatic N) is 1. The highest BCUT2D eigenvalue weighted by Gasteiger charge is 2.47. The monoisotopic (exact) mass is 261 g/mol. The third kappa shape index (κ3) is 4.31. The summed E-state index contributed by atoms with van der Waals surface area (Å²) in [6.45, 7) is 6.05. The zero-order chi connectivity index (χ0) is 14.3. The van der Waals surface area contributed by atoms with E-state index >= 15 is 0 Å². The summed E-state index contributed by atoms with van der Waals surface area (Å²) in [5.74, 6) is -2.57. The molecule has 0 radical (unpaired) electrons. The van der Waals surface area contributed by atoms with Crippen LogP contribution in [0, 0.1) is 16.0 Å². The smallest absolute Gasteiger partial charge is 0.316 e. The lowest BCUT2D eigenvalue weighted by Gasteiger charge is -2.24. The molecule has 0 aromatic rings. The molecule has 0 rings (SSSR count). The van der Waals surface area contributed by atoms with Gasteiger partial charge in [0.15, 0.2) is 0 Å². The average molecular weight is 261 g/mol. The number of esters is 2. The fourth-order valence-electron chi connectivity index (χ4n) is 1.38. The van der Waals surface area contributed by atoms with Crippen molar-refractivity contribution in [2.45, 2.75) is 39.7 Å². The van der Waals surface area contributed by atoms with E-state index in [0.717, 1.165) is 0 Å². The molecule has 0 aliphatic rings. The van der Waals surface area contributed by atoms with Crippen LogP contribution in [0.5, 0.6) is 0 Å². The van der Waals surface area contributed by atoms with Crippen LogP contribution in [0.4, 0.5) is 0 Å². The van der Waals surface area contributed by atoms with Crippen LogP contribution in [0.25, 0.3) is 0 Å². The Morgan fingerprint density at radius 3 is 2.11 bits per heavy atom. The SMILES string of the molecule is CCOC(=O)C[C@H](C(=O)OCC)C(C)(C)[N+](=O)[O-]. The molecule has 0 aromatic carbocycles. The number of carbonyl (C=O) groups is 2. The van der Waals surface area contributed by atoms with E-state index in [1.807, 2.05) is 0 Å². The minimum absolute atomic E-state index is 0.103. The number of carbonyl (C=O) groups excluding carboxylic acids is 2. The van der Waals surface area contributed by atoms with Crippen LogP contribution in [0.2, 0.25) is 0 Å². The molecule has 7 nitrogen and oxygen atoms in total. The first kappa shape index (κ1) is 16.3. The predicted octanol–water partition coefficient (Wildman–Crippen LogP) is 1.17. The molecule has 0 N–H and O–H groups in total. The Morgan fingerprint density at radius 1 is 1.22 bits per heavy atom. The van der Waals surface area contributed by atoms with Crippen LogP contribution in [-0.2, 0) is 19.1 Å². The van der Waals surface area contributed by atoms with Crippen LogP contribution in [-0.4, -0.2) is 35.6 Å². The van der Waals surface area contributed by atoms with Gasteiger partial charge in [-0.15, -0.1) is 0 Å². The molecule has 0 aliphatic carbocycles. The van der Waals surface area contributed by atoms with Crippen LogP contribution in [0.15, 0.2) is 0 Å². The molecule has 1 atom stereocenters. The van der Waals surface area contributed by atoms with Crippen LogP contribution in [0.3, 0.4) is 0 Å². The highest BCUT2D eigenvalue weighted by atomic mass is 16.6. The van der Waals surface area contributed by atoms with Crippen molar-refractivity contribution in [1.82, 2.24) is 0 Å². The van der Waals surface area contributed by atoms with Gasteiger partial charge in [0.05, 0.1) is 19.6 Å². The topological polar surface area (TPSA) is 95.7 Å². The van der Waals surface area contributed by atoms with Gasteiger partial charge in [-0.05, 0) is 13.8 Å². The average Bonchev–Trinajstić information content (AvgIpc) is 2.26. The highest BCUT2D eigenvalue weighted by Crippen LogP contribution is 2.25. The Hall–Kier alpha value is -1.66. The Morgan fingerprint density at radius 2 is 1.72 bits per heavy atom. The second-order valence-corrected chi connectivity index (χ2v) is 4.22. The lowest BCUT2D eigenvalue weighted by molar-refractivity contribution is -0.568. The largest absolute Gasteiger partial charge is 0.466 e. The van der Waals surface area contributed by atoms with E-state index in [1.165, 1.54) is 13.8 Å². The number of rotatable bonds is 7. The summed E-state index contributed by atoms with van der Waals surface area (Å²) in [6.07, 6.45) is -0.360. The van der Waals surface area contributed by atoms with Crippen molar-refractivity contribution in [2.24, 2.45) is 5.92 Å². The van der Waals surface area contributed by atoms with E-state index < -0.39 is 28.3 Å². The molecule has 0 aromatic heterocycles. The van der Waals surface area contributed by atoms with Crippen molar-refractivity contribution in [3.8, 4) is 0 Å². The van der Waals surface area contributed by atoms with E-state index in [-0.39, 0.29) is 19.6 Å². The van der Waals surface area contributed by atoms with Gasteiger partial charge >= 0.3 is 11.9 Å². The summed E-state index contributed by atoms with van der Waals surface area (Å²) in [5, 5.41) is 11.0. The van der Waals surface area contributed by atoms with Gasteiger partial charge in [-0.3, -0.25) is 19.7 Å². The van der Waals surface area contributed by atoms with E-state index in [0.29, 0.717) is 0 Å². The molecular weight excluding hydrogens is 242 g/mol. The van der Waals surface area contributed by atoms with Gasteiger partial charge in [0.2, 0.25) is 5.54 Å². The van der Waals surface area contributed by atoms with Gasteiger partial charge in [0.1, 0.15) is 5.92 Å². The first-order valence-corrected chi connectivity index (χ1v) is 5.74. The van der Waals surface area contributed by atoms with Crippen molar-refractivity contribution in [3.05, 3.63) is 10.1 Å². The summed E-state index contributed by atoms with van der Waals surface area (Å²) >= 11 is 0. The molecule has 0 bridgehead atoms. The van der Waals surface area contributed by atoms with Crippen molar-refractivity contribution in [1.29, 1.82) is 0 Å². The Labute approximate surface area is 106 Å². The Balaban J connectivity index is 5.00. The van der Waals surface area contributed by atoms with E-state index in [4.69, 9.17) is 9.47 Å². The van der Waals surface area contributed by atoms with Gasteiger partial charge in [0.25, 0.3) is 0 Å². The van der Waals surface area contributed by atoms with Crippen LogP contribution in [0.1, 0.15) is 34.1 Å². The molecule has 0 heterocycles. The molecule has 0 unspecified atom stereocenters. The standard InChI is InChI=1S/C11H19NO6/c1-5-17-9(13)7-8(10(14)18-6-2)11(3,4)12(15)16/h8H,5-7H2,1-4H3/t8-/m1/s1. The predicted molar refractivity (Wildman–Crippen MR) is 62.4 cm³/mol. The van der Waals surface area contributed by atoms with Crippen LogP contribution >= 0.6 is 0 Å². The zero-order valence-electron chi connectivity index (χ0n) is 11.1. The van der Waals surface area contributed by atoms with Crippen molar-refractivity contribution in [3.63, 3.8) is 0 Å². The maximum atomic E-state index is 11.7. The second-order valence-electron chi connectivity index (χ2n) is 4.22. The summed E-state index contributed by atoms with van der Waals surface area (Å²) in [4.78, 5) is 33.4. The third-order valence-electron chi connectivity index (χ3n) is 2.57. The minimum atomic E-state index is -1.58. The second kappa shape index (κ2) is 6.93. The highest BCUT2D eigenvalue weighted by molar-refractivity contribution is 5.80. The molecule has 0 saturated heterocycles. The molecule has 7 heteroatoms. The number of nitro groups is 1. The molecular formula is C11H19NO6. The minimum Gasteiger partial charge on any atom is -0.466 e. The maximum absolute atomic E-state index is 11.7. The maximum Gasteiger partial charge on any atom is 0.316 e. The van der Waals surface area contributed by atoms with Crippen molar-refractivity contribution in [2.75, 3.05) is 13.2 Å². The van der Waals surface area contributed by atoms with Crippen molar-refractivity contribution < 1.29 is 24.0 Å². The summed E-state index contributed by atoms with van der Waals surface area (Å²) in [5.41, 5.74) is -1.58. The fourth-order valence-corrected chi connectivity index (χ4v) is 1.38. The summed E-state index contributed by atoms with van der Waals surface area (Å²) < 4.78 is 9.47. The van der Waals surface area contributed by atoms with Gasteiger partial charge < -0.3 is 9.47 Å². The van der Waals surface area contributed by atoms with Gasteiger partial charge in [0, 0.05) is 18.8 Å². The molecule has 0 spiro atoms. The Kier molecular flexibility index (Phi) is 6.29. The third-order valence-corrected chi connectivity index (χ3v) is 2.57. The lowest BCUT2D eigenvalue weighted by Crippen LogP contribution is -2.45. The lowest BCUT2D eigenvalue weighted by atomic mass is 9.85. The summed E-state index contributed by atoms with van der Waals surface area (Å²) in [6, 6.07) is 0. The number of ether oxygens (including phenoxy) is 2. The first-order valence-electron chi connectivity index (χ1n) is 5.74. The molecule has 0 amide bonds. The molecule has 0 aliphatic heterocycles. The van der Waals surface area contributed by atoms with E-state index in [9.17, 15) is 19.7 Å². The van der Waals surface area contributed by atoms with E-state index in [2.05, 4.69) is 0 Å². The quantitative estimate of drug-likeness (QED) is 0.388. The number of hydrogen-bond donors (Lipinski definition) is 0. The number of hydrogen-bond acceptors (Lipinski definition) is 6. The zero-order valence-corrected chi connectivity index (χ0v) is 11.1.